The van der Waals surface area contributed by atoms with Crippen LogP contribution in [0.3, 0.4) is 0 Å². The molecule has 1 aromatic heterocycles. The van der Waals surface area contributed by atoms with Gasteiger partial charge >= 0.3 is 0 Å². The lowest BCUT2D eigenvalue weighted by Gasteiger charge is -2.27. The number of hydrogen-bond donors (Lipinski definition) is 1. The molecule has 0 radical (unpaired) electrons. The lowest BCUT2D eigenvalue weighted by Crippen LogP contribution is -2.40. The van der Waals surface area contributed by atoms with Gasteiger partial charge in [0.25, 0.3) is 5.91 Å². The van der Waals surface area contributed by atoms with Crippen LogP contribution >= 0.6 is 0 Å². The van der Waals surface area contributed by atoms with Gasteiger partial charge < -0.3 is 4.90 Å². The number of aryl methyl sites for hydroxylation is 1. The van der Waals surface area contributed by atoms with Crippen LogP contribution in [0, 0.1) is 5.92 Å². The summed E-state index contributed by atoms with van der Waals surface area (Å²) in [5, 5.41) is 6.75. The second-order valence-electron chi connectivity index (χ2n) is 4.90. The van der Waals surface area contributed by atoms with Crippen molar-refractivity contribution in [2.45, 2.75) is 47.1 Å². The van der Waals surface area contributed by atoms with Crippen molar-refractivity contribution < 1.29 is 4.79 Å². The van der Waals surface area contributed by atoms with E-state index in [9.17, 15) is 4.79 Å². The van der Waals surface area contributed by atoms with Crippen LogP contribution in [-0.2, 0) is 6.42 Å². The third-order valence-electron chi connectivity index (χ3n) is 2.50. The lowest BCUT2D eigenvalue weighted by atomic mass is 10.1. The number of nitrogens with zero attached hydrogens (tertiary/aromatic N) is 3. The van der Waals surface area contributed by atoms with Crippen LogP contribution in [0.15, 0.2) is 0 Å². The fraction of sp³-hybridized carbons (Fsp3) is 0.750. The van der Waals surface area contributed by atoms with Crippen molar-refractivity contribution >= 4 is 5.91 Å². The number of aromatic nitrogens is 3. The Bertz CT molecular complexity index is 370. The van der Waals surface area contributed by atoms with Crippen molar-refractivity contribution in [2.24, 2.45) is 5.92 Å². The molecule has 0 aromatic carbocycles. The minimum atomic E-state index is -0.0929. The molecule has 0 fully saturated rings. The van der Waals surface area contributed by atoms with E-state index in [1.165, 1.54) is 0 Å². The molecule has 1 aromatic rings. The highest BCUT2D eigenvalue weighted by Gasteiger charge is 2.23. The molecular weight excluding hydrogens is 216 g/mol. The zero-order chi connectivity index (χ0) is 13.0. The first-order valence-corrected chi connectivity index (χ1v) is 6.17. The van der Waals surface area contributed by atoms with Gasteiger partial charge in [0.2, 0.25) is 5.82 Å². The summed E-state index contributed by atoms with van der Waals surface area (Å²) >= 11 is 0. The summed E-state index contributed by atoms with van der Waals surface area (Å²) in [6, 6.07) is 0.161. The standard InChI is InChI=1S/C12H22N4O/c1-6-10-13-11(15-14-10)12(17)16(9(4)5)7-8(2)3/h8-9H,6-7H2,1-5H3,(H,13,14,15). The molecule has 1 heterocycles. The fourth-order valence-corrected chi connectivity index (χ4v) is 1.60. The molecule has 0 aliphatic rings. The fourth-order valence-electron chi connectivity index (χ4n) is 1.60. The lowest BCUT2D eigenvalue weighted by molar-refractivity contribution is 0.0669. The van der Waals surface area contributed by atoms with Crippen molar-refractivity contribution in [3.05, 3.63) is 11.6 Å². The average molecular weight is 238 g/mol. The Morgan fingerprint density at radius 2 is 2.00 bits per heavy atom. The van der Waals surface area contributed by atoms with Crippen molar-refractivity contribution in [1.29, 1.82) is 0 Å². The summed E-state index contributed by atoms with van der Waals surface area (Å²) in [4.78, 5) is 18.2. The number of aromatic amines is 1. The number of carbonyl (C=O) groups is 1. The first kappa shape index (κ1) is 13.7. The van der Waals surface area contributed by atoms with Gasteiger partial charge in [-0.1, -0.05) is 20.8 Å². The SMILES string of the molecule is CCc1nc(C(=O)N(CC(C)C)C(C)C)n[nH]1. The van der Waals surface area contributed by atoms with Gasteiger partial charge in [0.05, 0.1) is 0 Å². The van der Waals surface area contributed by atoms with Crippen molar-refractivity contribution in [1.82, 2.24) is 20.1 Å². The molecule has 1 rings (SSSR count). The molecule has 0 saturated carbocycles. The van der Waals surface area contributed by atoms with E-state index in [0.29, 0.717) is 5.92 Å². The quantitative estimate of drug-likeness (QED) is 0.852. The highest BCUT2D eigenvalue weighted by Crippen LogP contribution is 2.08. The average Bonchev–Trinajstić information content (AvgIpc) is 2.72. The summed E-state index contributed by atoms with van der Waals surface area (Å²) < 4.78 is 0. The van der Waals surface area contributed by atoms with Gasteiger partial charge in [-0.2, -0.15) is 0 Å². The highest BCUT2D eigenvalue weighted by molar-refractivity contribution is 5.90. The molecule has 0 unspecified atom stereocenters. The van der Waals surface area contributed by atoms with Gasteiger partial charge in [0.1, 0.15) is 5.82 Å². The zero-order valence-corrected chi connectivity index (χ0v) is 11.3. The summed E-state index contributed by atoms with van der Waals surface area (Å²) in [5.41, 5.74) is 0. The van der Waals surface area contributed by atoms with Crippen LogP contribution in [0.1, 0.15) is 51.1 Å². The maximum Gasteiger partial charge on any atom is 0.293 e. The molecule has 0 saturated heterocycles. The number of amides is 1. The second kappa shape index (κ2) is 5.80. The molecule has 17 heavy (non-hydrogen) atoms. The molecule has 5 heteroatoms. The zero-order valence-electron chi connectivity index (χ0n) is 11.3. The number of H-pyrrole nitrogens is 1. The van der Waals surface area contributed by atoms with E-state index in [4.69, 9.17) is 0 Å². The van der Waals surface area contributed by atoms with E-state index in [1.54, 1.807) is 0 Å². The third kappa shape index (κ3) is 3.54. The van der Waals surface area contributed by atoms with E-state index < -0.39 is 0 Å². The molecule has 96 valence electrons. The Morgan fingerprint density at radius 1 is 1.35 bits per heavy atom. The first-order chi connectivity index (χ1) is 7.95. The molecule has 1 N–H and O–H groups in total. The van der Waals surface area contributed by atoms with Crippen molar-refractivity contribution in [3.63, 3.8) is 0 Å². The number of nitrogens with one attached hydrogen (secondary N) is 1. The van der Waals surface area contributed by atoms with Gasteiger partial charge in [-0.25, -0.2) is 4.98 Å². The summed E-state index contributed by atoms with van der Waals surface area (Å²) in [7, 11) is 0. The maximum atomic E-state index is 12.2. The Labute approximate surface area is 103 Å². The van der Waals surface area contributed by atoms with Crippen LogP contribution in [0.2, 0.25) is 0 Å². The van der Waals surface area contributed by atoms with Crippen LogP contribution in [0.25, 0.3) is 0 Å². The molecule has 0 aliphatic carbocycles. The van der Waals surface area contributed by atoms with Gasteiger partial charge in [-0.3, -0.25) is 9.89 Å². The van der Waals surface area contributed by atoms with E-state index >= 15 is 0 Å². The minimum absolute atomic E-state index is 0.0929. The number of carbonyl (C=O) groups excluding carboxylic acids is 1. The van der Waals surface area contributed by atoms with Gasteiger partial charge in [0.15, 0.2) is 0 Å². The van der Waals surface area contributed by atoms with E-state index in [2.05, 4.69) is 29.0 Å². The van der Waals surface area contributed by atoms with Crippen LogP contribution in [0.4, 0.5) is 0 Å². The van der Waals surface area contributed by atoms with Crippen LogP contribution in [0.5, 0.6) is 0 Å². The molecular formula is C12H22N4O. The molecule has 1 amide bonds. The second-order valence-corrected chi connectivity index (χ2v) is 4.90. The highest BCUT2D eigenvalue weighted by atomic mass is 16.2. The molecule has 0 atom stereocenters. The normalized spacial score (nSPS) is 11.2. The molecule has 0 spiro atoms. The Hall–Kier alpha value is -1.39. The maximum absolute atomic E-state index is 12.2. The third-order valence-corrected chi connectivity index (χ3v) is 2.50. The predicted molar refractivity (Wildman–Crippen MR) is 66.8 cm³/mol. The Morgan fingerprint density at radius 3 is 2.41 bits per heavy atom. The Balaban J connectivity index is 2.83. The van der Waals surface area contributed by atoms with E-state index in [0.717, 1.165) is 18.8 Å². The van der Waals surface area contributed by atoms with Gasteiger partial charge in [-0.15, -0.1) is 5.10 Å². The Kier molecular flexibility index (Phi) is 4.66. The number of rotatable bonds is 5. The van der Waals surface area contributed by atoms with Gasteiger partial charge in [0, 0.05) is 19.0 Å². The summed E-state index contributed by atoms with van der Waals surface area (Å²) in [6.45, 7) is 10.9. The van der Waals surface area contributed by atoms with Crippen molar-refractivity contribution in [3.8, 4) is 0 Å². The molecule has 0 aliphatic heterocycles. The summed E-state index contributed by atoms with van der Waals surface area (Å²) in [5.74, 6) is 1.37. The number of hydrogen-bond acceptors (Lipinski definition) is 3. The first-order valence-electron chi connectivity index (χ1n) is 6.17. The van der Waals surface area contributed by atoms with Crippen LogP contribution in [-0.4, -0.2) is 38.6 Å². The topological polar surface area (TPSA) is 61.9 Å². The monoisotopic (exact) mass is 238 g/mol. The summed E-state index contributed by atoms with van der Waals surface area (Å²) in [6.07, 6.45) is 0.756. The van der Waals surface area contributed by atoms with E-state index in [-0.39, 0.29) is 17.8 Å². The predicted octanol–water partition coefficient (Wildman–Crippen LogP) is 1.87. The van der Waals surface area contributed by atoms with Crippen molar-refractivity contribution in [2.75, 3.05) is 6.54 Å². The van der Waals surface area contributed by atoms with Gasteiger partial charge in [-0.05, 0) is 19.8 Å². The van der Waals surface area contributed by atoms with Crippen LogP contribution < -0.4 is 0 Å². The van der Waals surface area contributed by atoms with E-state index in [1.807, 2.05) is 25.7 Å². The smallest absolute Gasteiger partial charge is 0.293 e. The molecule has 0 bridgehead atoms. The molecule has 5 nitrogen and oxygen atoms in total. The largest absolute Gasteiger partial charge is 0.333 e. The minimum Gasteiger partial charge on any atom is -0.333 e.